The number of ether oxygens (including phenoxy) is 1. The summed E-state index contributed by atoms with van der Waals surface area (Å²) in [6.07, 6.45) is 2.67. The summed E-state index contributed by atoms with van der Waals surface area (Å²) < 4.78 is 48.1. The van der Waals surface area contributed by atoms with Crippen molar-refractivity contribution in [2.24, 2.45) is 0 Å². The molecule has 11 heteroatoms. The average molecular weight is 567 g/mol. The standard InChI is InChI=1S/C30H29F3N4O4/c1-41-29(40)34-20-7-2-6-19(18-20)27(38)36-15-4-12-30(14-17-36)13-5-16-37(30)28(39)24-11-10-23(33)26(35-24)25-21(31)8-3-9-22(25)32/h2-3,6-11,18H,4-5,12-17H2,1H3,(H,34,40). The summed E-state index contributed by atoms with van der Waals surface area (Å²) in [5.41, 5.74) is -0.954. The molecule has 2 aromatic carbocycles. The topological polar surface area (TPSA) is 91.8 Å². The Kier molecular flexibility index (Phi) is 7.96. The van der Waals surface area contributed by atoms with Gasteiger partial charge in [0.25, 0.3) is 11.8 Å². The molecule has 1 aromatic heterocycles. The van der Waals surface area contributed by atoms with Crippen molar-refractivity contribution in [3.8, 4) is 11.3 Å². The Morgan fingerprint density at radius 3 is 2.29 bits per heavy atom. The summed E-state index contributed by atoms with van der Waals surface area (Å²) in [7, 11) is 1.25. The van der Waals surface area contributed by atoms with Gasteiger partial charge >= 0.3 is 6.09 Å². The number of nitrogens with zero attached hydrogens (tertiary/aromatic N) is 3. The Hall–Kier alpha value is -4.41. The Balaban J connectivity index is 1.35. The van der Waals surface area contributed by atoms with Gasteiger partial charge in [0, 0.05) is 36.4 Å². The molecule has 3 amide bonds. The quantitative estimate of drug-likeness (QED) is 0.441. The van der Waals surface area contributed by atoms with Crippen LogP contribution in [0.5, 0.6) is 0 Å². The molecule has 2 saturated heterocycles. The maximum Gasteiger partial charge on any atom is 0.411 e. The second kappa shape index (κ2) is 11.6. The molecule has 2 fully saturated rings. The lowest BCUT2D eigenvalue weighted by Gasteiger charge is -2.38. The van der Waals surface area contributed by atoms with Crippen LogP contribution in [-0.4, -0.2) is 65.0 Å². The van der Waals surface area contributed by atoms with Gasteiger partial charge in [0.2, 0.25) is 0 Å². The number of pyridine rings is 1. The number of hydrogen-bond donors (Lipinski definition) is 1. The van der Waals surface area contributed by atoms with E-state index in [2.05, 4.69) is 15.0 Å². The summed E-state index contributed by atoms with van der Waals surface area (Å²) in [6, 6.07) is 12.0. The number of benzene rings is 2. The first-order valence-electron chi connectivity index (χ1n) is 13.4. The molecule has 1 spiro atoms. The first kappa shape index (κ1) is 28.1. The van der Waals surface area contributed by atoms with Crippen molar-refractivity contribution in [1.82, 2.24) is 14.8 Å². The van der Waals surface area contributed by atoms with Crippen LogP contribution in [0.4, 0.5) is 23.7 Å². The summed E-state index contributed by atoms with van der Waals surface area (Å²) >= 11 is 0. The summed E-state index contributed by atoms with van der Waals surface area (Å²) in [5.74, 6) is -3.52. The molecular formula is C30H29F3N4O4. The van der Waals surface area contributed by atoms with Crippen molar-refractivity contribution in [3.05, 3.63) is 83.3 Å². The number of carbonyl (C=O) groups excluding carboxylic acids is 3. The van der Waals surface area contributed by atoms with Gasteiger partial charge in [-0.15, -0.1) is 0 Å². The van der Waals surface area contributed by atoms with E-state index < -0.39 is 46.2 Å². The van der Waals surface area contributed by atoms with Crippen LogP contribution in [0.1, 0.15) is 53.0 Å². The molecule has 0 bridgehead atoms. The Bertz CT molecular complexity index is 1480. The fraction of sp³-hybridized carbons (Fsp3) is 0.333. The van der Waals surface area contributed by atoms with E-state index in [9.17, 15) is 27.6 Å². The second-order valence-corrected chi connectivity index (χ2v) is 10.3. The van der Waals surface area contributed by atoms with E-state index in [1.165, 1.54) is 19.2 Å². The Labute approximate surface area is 235 Å². The molecular weight excluding hydrogens is 537 g/mol. The lowest BCUT2D eigenvalue weighted by molar-refractivity contribution is 0.0549. The van der Waals surface area contributed by atoms with Crippen molar-refractivity contribution < 1.29 is 32.3 Å². The van der Waals surface area contributed by atoms with Crippen LogP contribution >= 0.6 is 0 Å². The largest absolute Gasteiger partial charge is 0.453 e. The normalized spacial score (nSPS) is 18.7. The van der Waals surface area contributed by atoms with Gasteiger partial charge in [0.15, 0.2) is 0 Å². The van der Waals surface area contributed by atoms with Crippen molar-refractivity contribution in [3.63, 3.8) is 0 Å². The minimum Gasteiger partial charge on any atom is -0.453 e. The van der Waals surface area contributed by atoms with Gasteiger partial charge in [-0.3, -0.25) is 14.9 Å². The van der Waals surface area contributed by atoms with Crippen LogP contribution in [0.15, 0.2) is 54.6 Å². The number of methoxy groups -OCH3 is 1. The van der Waals surface area contributed by atoms with E-state index in [0.29, 0.717) is 50.1 Å². The number of hydrogen-bond acceptors (Lipinski definition) is 5. The van der Waals surface area contributed by atoms with E-state index in [1.807, 2.05) is 0 Å². The minimum absolute atomic E-state index is 0.0996. The molecule has 214 valence electrons. The van der Waals surface area contributed by atoms with Crippen LogP contribution in [0.25, 0.3) is 11.3 Å². The number of carbonyl (C=O) groups is 3. The van der Waals surface area contributed by atoms with Crippen LogP contribution < -0.4 is 5.32 Å². The van der Waals surface area contributed by atoms with Crippen molar-refractivity contribution in [2.75, 3.05) is 32.1 Å². The third kappa shape index (κ3) is 5.61. The van der Waals surface area contributed by atoms with Crippen molar-refractivity contribution >= 4 is 23.6 Å². The van der Waals surface area contributed by atoms with Gasteiger partial charge in [-0.1, -0.05) is 12.1 Å². The van der Waals surface area contributed by atoms with Gasteiger partial charge in [0.05, 0.1) is 12.7 Å². The maximum atomic E-state index is 14.6. The van der Waals surface area contributed by atoms with E-state index >= 15 is 0 Å². The highest BCUT2D eigenvalue weighted by atomic mass is 19.1. The molecule has 5 rings (SSSR count). The number of anilines is 1. The lowest BCUT2D eigenvalue weighted by Crippen LogP contribution is -2.48. The third-order valence-corrected chi connectivity index (χ3v) is 7.85. The van der Waals surface area contributed by atoms with Crippen LogP contribution in [0.3, 0.4) is 0 Å². The number of nitrogens with one attached hydrogen (secondary N) is 1. The van der Waals surface area contributed by atoms with E-state index in [-0.39, 0.29) is 11.6 Å². The molecule has 41 heavy (non-hydrogen) atoms. The molecule has 1 unspecified atom stereocenters. The van der Waals surface area contributed by atoms with Crippen molar-refractivity contribution in [1.29, 1.82) is 0 Å². The van der Waals surface area contributed by atoms with E-state index in [4.69, 9.17) is 0 Å². The number of aromatic nitrogens is 1. The van der Waals surface area contributed by atoms with Crippen LogP contribution in [-0.2, 0) is 4.74 Å². The molecule has 1 N–H and O–H groups in total. The molecule has 2 aliphatic heterocycles. The first-order chi connectivity index (χ1) is 19.7. The fourth-order valence-corrected chi connectivity index (χ4v) is 5.84. The SMILES string of the molecule is COC(=O)Nc1cccc(C(=O)N2CCCC3(CCCN3C(=O)c3ccc(F)c(-c4c(F)cccc4F)n3)CC2)c1. The molecule has 8 nitrogen and oxygen atoms in total. The van der Waals surface area contributed by atoms with E-state index in [1.54, 1.807) is 34.1 Å². The first-order valence-corrected chi connectivity index (χ1v) is 13.4. The summed E-state index contributed by atoms with van der Waals surface area (Å²) in [6.45, 7) is 1.35. The number of likely N-dealkylation sites (tertiary alicyclic amines) is 2. The minimum atomic E-state index is -0.973. The highest BCUT2D eigenvalue weighted by Gasteiger charge is 2.45. The highest BCUT2D eigenvalue weighted by Crippen LogP contribution is 2.40. The fourth-order valence-electron chi connectivity index (χ4n) is 5.84. The van der Waals surface area contributed by atoms with Crippen LogP contribution in [0.2, 0.25) is 0 Å². The molecule has 0 saturated carbocycles. The summed E-state index contributed by atoms with van der Waals surface area (Å²) in [4.78, 5) is 46.2. The van der Waals surface area contributed by atoms with Gasteiger partial charge in [-0.25, -0.2) is 22.9 Å². The van der Waals surface area contributed by atoms with Gasteiger partial charge < -0.3 is 14.5 Å². The zero-order valence-electron chi connectivity index (χ0n) is 22.5. The molecule has 3 aromatic rings. The van der Waals surface area contributed by atoms with Crippen LogP contribution in [0, 0.1) is 17.5 Å². The molecule has 3 heterocycles. The van der Waals surface area contributed by atoms with Gasteiger partial charge in [-0.05, 0) is 74.6 Å². The Morgan fingerprint density at radius 1 is 0.854 bits per heavy atom. The third-order valence-electron chi connectivity index (χ3n) is 7.85. The number of amides is 3. The second-order valence-electron chi connectivity index (χ2n) is 10.3. The predicted octanol–water partition coefficient (Wildman–Crippen LogP) is 5.65. The lowest BCUT2D eigenvalue weighted by atomic mass is 9.87. The molecule has 0 radical (unpaired) electrons. The van der Waals surface area contributed by atoms with E-state index in [0.717, 1.165) is 31.0 Å². The molecule has 1 atom stereocenters. The van der Waals surface area contributed by atoms with Crippen molar-refractivity contribution in [2.45, 2.75) is 37.6 Å². The van der Waals surface area contributed by atoms with Gasteiger partial charge in [-0.2, -0.15) is 0 Å². The van der Waals surface area contributed by atoms with Gasteiger partial charge in [0.1, 0.15) is 28.8 Å². The molecule has 0 aliphatic carbocycles. The smallest absolute Gasteiger partial charge is 0.411 e. The molecule has 2 aliphatic rings. The predicted molar refractivity (Wildman–Crippen MR) is 145 cm³/mol. The monoisotopic (exact) mass is 566 g/mol. The highest BCUT2D eigenvalue weighted by molar-refractivity contribution is 5.96. The summed E-state index contributed by atoms with van der Waals surface area (Å²) in [5, 5.41) is 2.55. The number of rotatable bonds is 4. The Morgan fingerprint density at radius 2 is 1.56 bits per heavy atom. The maximum absolute atomic E-state index is 14.6. The average Bonchev–Trinajstić information content (AvgIpc) is 3.26. The zero-order chi connectivity index (χ0) is 29.1. The zero-order valence-corrected chi connectivity index (χ0v) is 22.5. The number of halogens is 3.